The molecule has 1 aromatic carbocycles. The number of methoxy groups -OCH3 is 1. The van der Waals surface area contributed by atoms with Crippen LogP contribution in [0.5, 0.6) is 0 Å². The van der Waals surface area contributed by atoms with Gasteiger partial charge in [-0.05, 0) is 35.6 Å². The molecule has 0 aliphatic rings. The van der Waals surface area contributed by atoms with Gasteiger partial charge in [0.2, 0.25) is 0 Å². The molecule has 0 aromatic heterocycles. The van der Waals surface area contributed by atoms with Crippen LogP contribution in [0.4, 0.5) is 11.4 Å². The maximum absolute atomic E-state index is 10.5. The van der Waals surface area contributed by atoms with E-state index in [0.717, 1.165) is 9.26 Å². The Morgan fingerprint density at radius 3 is 2.81 bits per heavy atom. The molecular formula is C10H13IN2O3. The maximum atomic E-state index is 10.5. The minimum atomic E-state index is -0.399. The van der Waals surface area contributed by atoms with Crippen LogP contribution in [0, 0.1) is 13.7 Å². The summed E-state index contributed by atoms with van der Waals surface area (Å²) in [6.45, 7) is 2.62. The summed E-state index contributed by atoms with van der Waals surface area (Å²) in [5, 5.41) is 13.7. The van der Waals surface area contributed by atoms with E-state index in [-0.39, 0.29) is 11.8 Å². The molecule has 0 aliphatic carbocycles. The van der Waals surface area contributed by atoms with Gasteiger partial charge in [0.15, 0.2) is 0 Å². The van der Waals surface area contributed by atoms with Crippen molar-refractivity contribution < 1.29 is 9.66 Å². The molecule has 88 valence electrons. The van der Waals surface area contributed by atoms with Crippen molar-refractivity contribution in [3.8, 4) is 0 Å². The minimum Gasteiger partial charge on any atom is -0.382 e. The fourth-order valence-electron chi connectivity index (χ4n) is 1.10. The van der Waals surface area contributed by atoms with Gasteiger partial charge in [-0.1, -0.05) is 0 Å². The van der Waals surface area contributed by atoms with Gasteiger partial charge < -0.3 is 10.1 Å². The van der Waals surface area contributed by atoms with E-state index >= 15 is 0 Å². The van der Waals surface area contributed by atoms with Gasteiger partial charge in [-0.2, -0.15) is 0 Å². The number of nitrogens with one attached hydrogen (secondary N) is 1. The van der Waals surface area contributed by atoms with Gasteiger partial charge in [0.05, 0.1) is 11.0 Å². The Hall–Kier alpha value is -0.890. The molecule has 5 nitrogen and oxygen atoms in total. The lowest BCUT2D eigenvalue weighted by Gasteiger charge is -2.12. The smallest absolute Gasteiger partial charge is 0.270 e. The summed E-state index contributed by atoms with van der Waals surface area (Å²) in [5.74, 6) is 0. The first kappa shape index (κ1) is 13.2. The van der Waals surface area contributed by atoms with Crippen molar-refractivity contribution in [2.75, 3.05) is 19.0 Å². The molecule has 0 aliphatic heterocycles. The number of nitrogens with zero attached hydrogens (tertiary/aromatic N) is 1. The van der Waals surface area contributed by atoms with E-state index in [1.807, 2.05) is 6.92 Å². The van der Waals surface area contributed by atoms with Crippen LogP contribution in [-0.4, -0.2) is 24.7 Å². The highest BCUT2D eigenvalue weighted by molar-refractivity contribution is 14.1. The zero-order valence-electron chi connectivity index (χ0n) is 9.07. The van der Waals surface area contributed by atoms with Crippen LogP contribution >= 0.6 is 22.6 Å². The van der Waals surface area contributed by atoms with Crippen LogP contribution in [0.15, 0.2) is 18.2 Å². The van der Waals surface area contributed by atoms with Crippen LogP contribution in [0.3, 0.4) is 0 Å². The van der Waals surface area contributed by atoms with Gasteiger partial charge in [-0.3, -0.25) is 10.1 Å². The first-order chi connectivity index (χ1) is 7.54. The number of rotatable bonds is 5. The Morgan fingerprint density at radius 2 is 2.31 bits per heavy atom. The molecule has 0 radical (unpaired) electrons. The molecule has 1 N–H and O–H groups in total. The highest BCUT2D eigenvalue weighted by Gasteiger charge is 2.09. The number of nitro benzene ring substituents is 1. The lowest BCUT2D eigenvalue weighted by molar-refractivity contribution is -0.384. The summed E-state index contributed by atoms with van der Waals surface area (Å²) in [6.07, 6.45) is 0.103. The van der Waals surface area contributed by atoms with Crippen molar-refractivity contribution in [3.63, 3.8) is 0 Å². The molecule has 0 saturated heterocycles. The molecule has 1 atom stereocenters. The van der Waals surface area contributed by atoms with Gasteiger partial charge in [-0.15, -0.1) is 0 Å². The fraction of sp³-hybridized carbons (Fsp3) is 0.400. The second-order valence-corrected chi connectivity index (χ2v) is 4.51. The number of ether oxygens (including phenoxy) is 1. The van der Waals surface area contributed by atoms with E-state index in [1.54, 1.807) is 19.2 Å². The lowest BCUT2D eigenvalue weighted by atomic mass is 10.2. The molecule has 0 heterocycles. The topological polar surface area (TPSA) is 64.4 Å². The largest absolute Gasteiger partial charge is 0.382 e. The van der Waals surface area contributed by atoms with Gasteiger partial charge >= 0.3 is 0 Å². The lowest BCUT2D eigenvalue weighted by Crippen LogP contribution is -2.18. The summed E-state index contributed by atoms with van der Waals surface area (Å²) in [4.78, 5) is 10.1. The van der Waals surface area contributed by atoms with Crippen molar-refractivity contribution in [1.29, 1.82) is 0 Å². The Balaban J connectivity index is 2.72. The van der Waals surface area contributed by atoms with Crippen LogP contribution in [0.25, 0.3) is 0 Å². The molecule has 1 rings (SSSR count). The van der Waals surface area contributed by atoms with Gasteiger partial charge in [0, 0.05) is 35.0 Å². The number of hydrogen-bond donors (Lipinski definition) is 1. The van der Waals surface area contributed by atoms with Gasteiger partial charge in [0.25, 0.3) is 5.69 Å². The normalized spacial score (nSPS) is 12.2. The number of nitro groups is 1. The molecule has 1 aromatic rings. The van der Waals surface area contributed by atoms with E-state index in [1.165, 1.54) is 6.07 Å². The number of benzene rings is 1. The van der Waals surface area contributed by atoms with E-state index in [0.29, 0.717) is 6.54 Å². The maximum Gasteiger partial charge on any atom is 0.270 e. The van der Waals surface area contributed by atoms with Crippen LogP contribution < -0.4 is 5.32 Å². The monoisotopic (exact) mass is 336 g/mol. The van der Waals surface area contributed by atoms with E-state index in [4.69, 9.17) is 4.74 Å². The fourth-order valence-corrected chi connectivity index (χ4v) is 1.79. The minimum absolute atomic E-state index is 0.103. The first-order valence-corrected chi connectivity index (χ1v) is 5.83. The highest BCUT2D eigenvalue weighted by atomic mass is 127. The number of hydrogen-bond acceptors (Lipinski definition) is 4. The number of anilines is 1. The molecule has 0 bridgehead atoms. The Bertz CT molecular complexity index is 384. The van der Waals surface area contributed by atoms with Crippen molar-refractivity contribution >= 4 is 34.0 Å². The molecule has 6 heteroatoms. The Morgan fingerprint density at radius 1 is 1.62 bits per heavy atom. The Labute approximate surface area is 107 Å². The van der Waals surface area contributed by atoms with Crippen LogP contribution in [-0.2, 0) is 4.74 Å². The Kier molecular flexibility index (Phi) is 4.94. The second kappa shape index (κ2) is 6.00. The molecule has 16 heavy (non-hydrogen) atoms. The van der Waals surface area contributed by atoms with E-state index in [9.17, 15) is 10.1 Å². The van der Waals surface area contributed by atoms with Crippen molar-refractivity contribution in [3.05, 3.63) is 31.9 Å². The third-order valence-electron chi connectivity index (χ3n) is 2.15. The average Bonchev–Trinajstić information content (AvgIpc) is 2.26. The van der Waals surface area contributed by atoms with E-state index < -0.39 is 4.92 Å². The summed E-state index contributed by atoms with van der Waals surface area (Å²) in [7, 11) is 1.65. The van der Waals surface area contributed by atoms with E-state index in [2.05, 4.69) is 27.9 Å². The first-order valence-electron chi connectivity index (χ1n) is 4.75. The molecule has 0 saturated carbocycles. The summed E-state index contributed by atoms with van der Waals surface area (Å²) in [5.41, 5.74) is 0.991. The van der Waals surface area contributed by atoms with Crippen molar-refractivity contribution in [2.45, 2.75) is 13.0 Å². The molecule has 0 spiro atoms. The second-order valence-electron chi connectivity index (χ2n) is 3.35. The number of non-ortho nitro benzene ring substituents is 1. The van der Waals surface area contributed by atoms with Gasteiger partial charge in [0.1, 0.15) is 0 Å². The SMILES string of the molecule is COC(C)CNc1ccc([N+](=O)[O-])cc1I. The third-order valence-corrected chi connectivity index (χ3v) is 3.04. The third kappa shape index (κ3) is 3.60. The van der Waals surface area contributed by atoms with Crippen molar-refractivity contribution in [1.82, 2.24) is 0 Å². The average molecular weight is 336 g/mol. The zero-order chi connectivity index (χ0) is 12.1. The summed E-state index contributed by atoms with van der Waals surface area (Å²) < 4.78 is 5.93. The molecule has 0 fully saturated rings. The zero-order valence-corrected chi connectivity index (χ0v) is 11.2. The van der Waals surface area contributed by atoms with Gasteiger partial charge in [-0.25, -0.2) is 0 Å². The standard InChI is InChI=1S/C10H13IN2O3/c1-7(16-2)6-12-10-4-3-8(13(14)15)5-9(10)11/h3-5,7,12H,6H2,1-2H3. The van der Waals surface area contributed by atoms with Crippen LogP contribution in [0.2, 0.25) is 0 Å². The highest BCUT2D eigenvalue weighted by Crippen LogP contribution is 2.23. The predicted molar refractivity (Wildman–Crippen MR) is 70.8 cm³/mol. The summed E-state index contributed by atoms with van der Waals surface area (Å²) >= 11 is 2.07. The molecular weight excluding hydrogens is 323 g/mol. The quantitative estimate of drug-likeness (QED) is 0.510. The van der Waals surface area contributed by atoms with Crippen LogP contribution in [0.1, 0.15) is 6.92 Å². The summed E-state index contributed by atoms with van der Waals surface area (Å²) in [6, 6.07) is 4.74. The van der Waals surface area contributed by atoms with Crippen molar-refractivity contribution in [2.24, 2.45) is 0 Å². The number of halogens is 1. The molecule has 1 unspecified atom stereocenters. The predicted octanol–water partition coefficient (Wildman–Crippen LogP) is 2.65. The molecule has 0 amide bonds.